The predicted octanol–water partition coefficient (Wildman–Crippen LogP) is 5.27. The molecule has 0 N–H and O–H groups in total. The van der Waals surface area contributed by atoms with Crippen LogP contribution in [0, 0.1) is 18.3 Å². The minimum Gasteiger partial charge on any atom is -0.302 e. The van der Waals surface area contributed by atoms with Gasteiger partial charge in [0.15, 0.2) is 0 Å². The number of benzene rings is 1. The Balaban J connectivity index is 1.78. The molecule has 5 heteroatoms. The van der Waals surface area contributed by atoms with E-state index in [0.717, 1.165) is 52.7 Å². The van der Waals surface area contributed by atoms with Gasteiger partial charge in [-0.25, -0.2) is 4.98 Å². The van der Waals surface area contributed by atoms with Gasteiger partial charge in [0.2, 0.25) is 0 Å². The maximum absolute atomic E-state index is 9.99. The molecule has 1 aliphatic heterocycles. The molecule has 3 nitrogen and oxygen atoms in total. The maximum atomic E-state index is 9.99. The molecule has 2 aromatic heterocycles. The molecule has 3 heterocycles. The summed E-state index contributed by atoms with van der Waals surface area (Å²) in [4.78, 5) is 7.25. The summed E-state index contributed by atoms with van der Waals surface area (Å²) >= 11 is 3.35. The van der Waals surface area contributed by atoms with Gasteiger partial charge < -0.3 is 4.90 Å². The summed E-state index contributed by atoms with van der Waals surface area (Å²) in [6, 6.07) is 13.1. The third-order valence-electron chi connectivity index (χ3n) is 4.89. The van der Waals surface area contributed by atoms with Crippen molar-refractivity contribution in [2.75, 3.05) is 13.6 Å². The molecule has 0 amide bonds. The second-order valence-corrected chi connectivity index (χ2v) is 8.73. The number of aryl methyl sites for hydroxylation is 1. The third-order valence-corrected chi connectivity index (χ3v) is 6.62. The van der Waals surface area contributed by atoms with E-state index < -0.39 is 0 Å². The Morgan fingerprint density at radius 3 is 2.96 bits per heavy atom. The topological polar surface area (TPSA) is 39.9 Å². The van der Waals surface area contributed by atoms with Crippen LogP contribution in [0.3, 0.4) is 0 Å². The second-order valence-electron chi connectivity index (χ2n) is 6.98. The van der Waals surface area contributed by atoms with Crippen molar-refractivity contribution in [1.82, 2.24) is 9.88 Å². The van der Waals surface area contributed by atoms with Crippen molar-refractivity contribution >= 4 is 23.1 Å². The van der Waals surface area contributed by atoms with Crippen LogP contribution >= 0.6 is 23.1 Å². The van der Waals surface area contributed by atoms with Crippen molar-refractivity contribution < 1.29 is 0 Å². The van der Waals surface area contributed by atoms with Crippen LogP contribution in [0.15, 0.2) is 46.1 Å². The van der Waals surface area contributed by atoms with Gasteiger partial charge in [0.1, 0.15) is 11.1 Å². The Bertz CT molecular complexity index is 1000. The monoisotopic (exact) mass is 391 g/mol. The largest absolute Gasteiger partial charge is 0.302 e. The average Bonchev–Trinajstić information content (AvgIpc) is 3.19. The molecule has 1 aromatic carbocycles. The lowest BCUT2D eigenvalue weighted by Crippen LogP contribution is -2.28. The van der Waals surface area contributed by atoms with Crippen molar-refractivity contribution in [3.05, 3.63) is 69.0 Å². The number of hydrogen-bond donors (Lipinski definition) is 0. The number of thioether (sulfide) groups is 1. The highest BCUT2D eigenvalue weighted by molar-refractivity contribution is 7.98. The molecular formula is C22H21N3S2. The standard InChI is InChI=1S/C22H21N3S2/c1-15-4-3-5-16(10-15)13-27-22-18(11-23)21(17-7-9-26-14-17)19-12-25(2)8-6-20(19)24-22/h3-5,7,9-10,14H,6,8,12-13H2,1-2H3. The van der Waals surface area contributed by atoms with Gasteiger partial charge in [-0.15, -0.1) is 11.8 Å². The Morgan fingerprint density at radius 2 is 2.22 bits per heavy atom. The van der Waals surface area contributed by atoms with Gasteiger partial charge in [-0.2, -0.15) is 16.6 Å². The minimum atomic E-state index is 0.722. The number of thiophene rings is 1. The molecule has 0 spiro atoms. The summed E-state index contributed by atoms with van der Waals surface area (Å²) in [7, 11) is 2.13. The van der Waals surface area contributed by atoms with Crippen molar-refractivity contribution in [3.63, 3.8) is 0 Å². The highest BCUT2D eigenvalue weighted by Crippen LogP contribution is 2.38. The first-order valence-corrected chi connectivity index (χ1v) is 10.9. The number of aromatic nitrogens is 1. The first-order chi connectivity index (χ1) is 13.2. The van der Waals surface area contributed by atoms with Crippen LogP contribution in [0.1, 0.15) is 27.9 Å². The lowest BCUT2D eigenvalue weighted by Gasteiger charge is -2.27. The summed E-state index contributed by atoms with van der Waals surface area (Å²) < 4.78 is 0. The number of hydrogen-bond acceptors (Lipinski definition) is 5. The van der Waals surface area contributed by atoms with E-state index >= 15 is 0 Å². The zero-order valence-corrected chi connectivity index (χ0v) is 17.2. The fraction of sp³-hybridized carbons (Fsp3) is 0.273. The summed E-state index contributed by atoms with van der Waals surface area (Å²) in [6.07, 6.45) is 0.937. The Labute approximate surface area is 168 Å². The lowest BCUT2D eigenvalue weighted by molar-refractivity contribution is 0.309. The molecule has 3 aromatic rings. The summed E-state index contributed by atoms with van der Waals surface area (Å²) in [5.74, 6) is 0.825. The van der Waals surface area contributed by atoms with Crippen LogP contribution in [-0.2, 0) is 18.7 Å². The van der Waals surface area contributed by atoms with E-state index in [4.69, 9.17) is 4.98 Å². The molecule has 4 rings (SSSR count). The number of pyridine rings is 1. The normalized spacial score (nSPS) is 14.0. The summed E-state index contributed by atoms with van der Waals surface area (Å²) in [6.45, 7) is 3.97. The minimum absolute atomic E-state index is 0.722. The van der Waals surface area contributed by atoms with E-state index in [1.807, 2.05) is 0 Å². The highest BCUT2D eigenvalue weighted by atomic mass is 32.2. The van der Waals surface area contributed by atoms with E-state index in [2.05, 4.69) is 66.0 Å². The zero-order valence-electron chi connectivity index (χ0n) is 15.5. The fourth-order valence-electron chi connectivity index (χ4n) is 3.56. The molecule has 0 aliphatic carbocycles. The molecule has 0 bridgehead atoms. The van der Waals surface area contributed by atoms with Crippen LogP contribution in [0.2, 0.25) is 0 Å². The van der Waals surface area contributed by atoms with Crippen LogP contribution in [0.25, 0.3) is 11.1 Å². The van der Waals surface area contributed by atoms with Crippen LogP contribution < -0.4 is 0 Å². The van der Waals surface area contributed by atoms with Crippen LogP contribution in [0.5, 0.6) is 0 Å². The van der Waals surface area contributed by atoms with Gasteiger partial charge >= 0.3 is 0 Å². The highest BCUT2D eigenvalue weighted by Gasteiger charge is 2.25. The van der Waals surface area contributed by atoms with E-state index in [9.17, 15) is 5.26 Å². The van der Waals surface area contributed by atoms with Crippen molar-refractivity contribution in [2.24, 2.45) is 0 Å². The van der Waals surface area contributed by atoms with Gasteiger partial charge in [0.25, 0.3) is 0 Å². The molecule has 0 radical (unpaired) electrons. The van der Waals surface area contributed by atoms with Gasteiger partial charge in [-0.1, -0.05) is 29.8 Å². The van der Waals surface area contributed by atoms with E-state index in [1.54, 1.807) is 23.1 Å². The quantitative estimate of drug-likeness (QED) is 0.568. The Kier molecular flexibility index (Phi) is 5.31. The van der Waals surface area contributed by atoms with Gasteiger partial charge in [0, 0.05) is 36.5 Å². The second kappa shape index (κ2) is 7.85. The maximum Gasteiger partial charge on any atom is 0.115 e. The van der Waals surface area contributed by atoms with Crippen LogP contribution in [-0.4, -0.2) is 23.5 Å². The molecule has 0 saturated heterocycles. The molecule has 0 saturated carbocycles. The van der Waals surface area contributed by atoms with Gasteiger partial charge in [-0.3, -0.25) is 0 Å². The average molecular weight is 392 g/mol. The van der Waals surface area contributed by atoms with E-state index in [0.29, 0.717) is 0 Å². The Hall–Kier alpha value is -2.13. The first kappa shape index (κ1) is 18.2. The number of likely N-dealkylation sites (N-methyl/N-ethyl adjacent to an activating group) is 1. The van der Waals surface area contributed by atoms with Crippen molar-refractivity contribution in [1.29, 1.82) is 5.26 Å². The summed E-state index contributed by atoms with van der Waals surface area (Å²) in [5, 5.41) is 15.1. The zero-order chi connectivity index (χ0) is 18.8. The fourth-order valence-corrected chi connectivity index (χ4v) is 5.15. The molecule has 136 valence electrons. The first-order valence-electron chi connectivity index (χ1n) is 9.01. The molecule has 0 unspecified atom stereocenters. The molecular weight excluding hydrogens is 370 g/mol. The predicted molar refractivity (Wildman–Crippen MR) is 113 cm³/mol. The molecule has 1 aliphatic rings. The number of nitriles is 1. The third kappa shape index (κ3) is 3.79. The van der Waals surface area contributed by atoms with E-state index in [-0.39, 0.29) is 0 Å². The lowest BCUT2D eigenvalue weighted by atomic mass is 9.93. The number of rotatable bonds is 4. The smallest absolute Gasteiger partial charge is 0.115 e. The summed E-state index contributed by atoms with van der Waals surface area (Å²) in [5.41, 5.74) is 7.85. The molecule has 0 fully saturated rings. The molecule has 27 heavy (non-hydrogen) atoms. The van der Waals surface area contributed by atoms with Gasteiger partial charge in [-0.05, 0) is 47.5 Å². The van der Waals surface area contributed by atoms with Crippen molar-refractivity contribution in [2.45, 2.75) is 30.7 Å². The Morgan fingerprint density at radius 1 is 1.33 bits per heavy atom. The van der Waals surface area contributed by atoms with Crippen molar-refractivity contribution in [3.8, 4) is 17.2 Å². The SMILES string of the molecule is Cc1cccc(CSc2nc3c(c(-c4ccsc4)c2C#N)CN(C)CC3)c1. The number of fused-ring (bicyclic) bond motifs is 1. The number of nitrogens with zero attached hydrogens (tertiary/aromatic N) is 3. The van der Waals surface area contributed by atoms with Crippen LogP contribution in [0.4, 0.5) is 0 Å². The van der Waals surface area contributed by atoms with E-state index in [1.165, 1.54) is 16.7 Å². The van der Waals surface area contributed by atoms with Gasteiger partial charge in [0.05, 0.1) is 5.56 Å². The molecule has 0 atom stereocenters.